The van der Waals surface area contributed by atoms with Crippen LogP contribution in [-0.2, 0) is 29.3 Å². The van der Waals surface area contributed by atoms with Crippen molar-refractivity contribution in [2.24, 2.45) is 11.7 Å². The molecule has 6 atom stereocenters. The Kier molecular flexibility index (Phi) is 11.5. The normalized spacial score (nSPS) is 23.7. The number of aliphatic hydroxyl groups excluding tert-OH is 1. The van der Waals surface area contributed by atoms with Gasteiger partial charge in [0.15, 0.2) is 0 Å². The van der Waals surface area contributed by atoms with Crippen LogP contribution in [0.2, 0.25) is 0 Å². The van der Waals surface area contributed by atoms with E-state index in [0.717, 1.165) is 29.9 Å². The average Bonchev–Trinajstić information content (AvgIpc) is 3.79. The number of aliphatic hydroxyl groups is 1. The number of amides is 4. The highest BCUT2D eigenvalue weighted by molar-refractivity contribution is 6.13. The number of nitrogens with zero attached hydrogens (tertiary/aromatic N) is 2. The fraction of sp³-hybridized carbons (Fsp3) is 0.265. The van der Waals surface area contributed by atoms with Crippen molar-refractivity contribution in [3.8, 4) is 17.6 Å². The number of primary amides is 1. The zero-order valence-corrected chi connectivity index (χ0v) is 34.2. The van der Waals surface area contributed by atoms with Crippen molar-refractivity contribution in [2.75, 3.05) is 61.6 Å². The number of benzene rings is 5. The standard InChI is InChI=1S/C49H46N6O8/c50-48(60)51-23-9-10-31-17-22-38-37(30-31)49(47(59)53-38)40(45(57)52-34-18-20-35(21-19-34)54-24-27-61-28-25-54)42-46(58)63-43(33-13-5-2-6-14-33)41(32-11-3-1-4-12-32)55(42)44(49)36-15-7-8-16-39(36)62-29-26-56/h1-8,11-22,30,40-44,56H,23-29H2,(H,52,57)(H,53,59)(H3,50,51,60)/t40-,41-,42-,43+,44+,49-/m1/s1. The lowest BCUT2D eigenvalue weighted by Crippen LogP contribution is -2.53. The van der Waals surface area contributed by atoms with E-state index >= 15 is 14.4 Å². The molecule has 4 aliphatic rings. The van der Waals surface area contributed by atoms with E-state index in [1.165, 1.54) is 0 Å². The molecule has 0 bridgehead atoms. The Hall–Kier alpha value is -7.18. The van der Waals surface area contributed by atoms with Gasteiger partial charge in [0, 0.05) is 41.3 Å². The van der Waals surface area contributed by atoms with E-state index < -0.39 is 59.4 Å². The van der Waals surface area contributed by atoms with Gasteiger partial charge in [-0.05, 0) is 65.2 Å². The van der Waals surface area contributed by atoms with Crippen LogP contribution in [0.1, 0.15) is 46.0 Å². The summed E-state index contributed by atoms with van der Waals surface area (Å²) in [5.74, 6) is 3.18. The Labute approximate surface area is 364 Å². The van der Waals surface area contributed by atoms with Crippen LogP contribution in [0.5, 0.6) is 5.75 Å². The molecule has 0 aromatic heterocycles. The summed E-state index contributed by atoms with van der Waals surface area (Å²) in [5, 5.41) is 18.6. The van der Waals surface area contributed by atoms with E-state index in [2.05, 4.69) is 32.7 Å². The number of morpholine rings is 2. The van der Waals surface area contributed by atoms with Crippen molar-refractivity contribution in [1.29, 1.82) is 0 Å². The van der Waals surface area contributed by atoms with Crippen molar-refractivity contribution in [3.63, 3.8) is 0 Å². The van der Waals surface area contributed by atoms with Crippen LogP contribution in [0.4, 0.5) is 21.9 Å². The molecule has 4 aliphatic heterocycles. The van der Waals surface area contributed by atoms with Gasteiger partial charge in [-0.25, -0.2) is 4.79 Å². The van der Waals surface area contributed by atoms with E-state index in [9.17, 15) is 9.90 Å². The molecular formula is C49H46N6O8. The minimum absolute atomic E-state index is 0.0242. The summed E-state index contributed by atoms with van der Waals surface area (Å²) in [4.78, 5) is 62.0. The molecule has 3 saturated heterocycles. The summed E-state index contributed by atoms with van der Waals surface area (Å²) in [6.45, 7) is 2.33. The maximum atomic E-state index is 15.6. The highest BCUT2D eigenvalue weighted by Gasteiger charge is 2.74. The molecule has 1 spiro atoms. The van der Waals surface area contributed by atoms with Crippen LogP contribution in [0.3, 0.4) is 0 Å². The lowest BCUT2D eigenvalue weighted by atomic mass is 9.65. The molecule has 4 amide bonds. The van der Waals surface area contributed by atoms with Crippen LogP contribution in [0, 0.1) is 17.8 Å². The Morgan fingerprint density at radius 2 is 1.57 bits per heavy atom. The first-order chi connectivity index (χ1) is 30.8. The second-order valence-electron chi connectivity index (χ2n) is 15.7. The molecular weight excluding hydrogens is 801 g/mol. The zero-order valence-electron chi connectivity index (χ0n) is 34.2. The molecule has 3 fully saturated rings. The van der Waals surface area contributed by atoms with E-state index in [1.807, 2.05) is 102 Å². The number of urea groups is 1. The molecule has 63 heavy (non-hydrogen) atoms. The van der Waals surface area contributed by atoms with Gasteiger partial charge in [-0.3, -0.25) is 19.3 Å². The molecule has 14 heteroatoms. The molecule has 0 unspecified atom stereocenters. The van der Waals surface area contributed by atoms with Gasteiger partial charge in [-0.2, -0.15) is 0 Å². The number of esters is 1. The lowest BCUT2D eigenvalue weighted by Gasteiger charge is -2.46. The van der Waals surface area contributed by atoms with Gasteiger partial charge >= 0.3 is 12.0 Å². The molecule has 6 N–H and O–H groups in total. The third-order valence-corrected chi connectivity index (χ3v) is 12.2. The predicted molar refractivity (Wildman–Crippen MR) is 235 cm³/mol. The highest BCUT2D eigenvalue weighted by atomic mass is 16.6. The van der Waals surface area contributed by atoms with Crippen LogP contribution in [0.25, 0.3) is 0 Å². The van der Waals surface area contributed by atoms with Crippen molar-refractivity contribution >= 4 is 40.9 Å². The summed E-state index contributed by atoms with van der Waals surface area (Å²) in [6.07, 6.45) is -0.865. The van der Waals surface area contributed by atoms with Gasteiger partial charge in [-0.15, -0.1) is 0 Å². The number of para-hydroxylation sites is 1. The molecule has 14 nitrogen and oxygen atoms in total. The number of rotatable bonds is 10. The highest BCUT2D eigenvalue weighted by Crippen LogP contribution is 2.65. The van der Waals surface area contributed by atoms with Gasteiger partial charge in [0.1, 0.15) is 29.9 Å². The molecule has 0 saturated carbocycles. The number of carbonyl (C=O) groups excluding carboxylic acids is 4. The number of anilines is 3. The van der Waals surface area contributed by atoms with Crippen molar-refractivity contribution in [2.45, 2.75) is 29.6 Å². The smallest absolute Gasteiger partial charge is 0.324 e. The number of nitrogens with two attached hydrogens (primary N) is 1. The van der Waals surface area contributed by atoms with Crippen LogP contribution >= 0.6 is 0 Å². The van der Waals surface area contributed by atoms with Gasteiger partial charge in [0.25, 0.3) is 0 Å². The second kappa shape index (κ2) is 17.7. The van der Waals surface area contributed by atoms with Crippen molar-refractivity contribution in [1.82, 2.24) is 10.2 Å². The number of cyclic esters (lactones) is 1. The van der Waals surface area contributed by atoms with Crippen molar-refractivity contribution in [3.05, 3.63) is 155 Å². The summed E-state index contributed by atoms with van der Waals surface area (Å²) >= 11 is 0. The van der Waals surface area contributed by atoms with E-state index in [1.54, 1.807) is 30.3 Å². The van der Waals surface area contributed by atoms with Gasteiger partial charge in [-0.1, -0.05) is 90.7 Å². The first-order valence-corrected chi connectivity index (χ1v) is 20.9. The third kappa shape index (κ3) is 7.60. The molecule has 0 radical (unpaired) electrons. The Bertz CT molecular complexity index is 2580. The van der Waals surface area contributed by atoms with E-state index in [0.29, 0.717) is 47.0 Å². The average molecular weight is 847 g/mol. The monoisotopic (exact) mass is 846 g/mol. The Balaban J connectivity index is 1.28. The maximum absolute atomic E-state index is 15.6. The quantitative estimate of drug-likeness (QED) is 0.0965. The number of fused-ring (bicyclic) bond motifs is 3. The summed E-state index contributed by atoms with van der Waals surface area (Å²) in [6, 6.07) is 35.1. The van der Waals surface area contributed by atoms with E-state index in [-0.39, 0.29) is 19.8 Å². The number of nitrogens with one attached hydrogen (secondary N) is 3. The minimum atomic E-state index is -1.82. The first-order valence-electron chi connectivity index (χ1n) is 20.9. The molecule has 9 rings (SSSR count). The fourth-order valence-electron chi connectivity index (χ4n) is 9.71. The predicted octanol–water partition coefficient (Wildman–Crippen LogP) is 4.82. The van der Waals surface area contributed by atoms with Crippen LogP contribution in [-0.4, -0.2) is 85.9 Å². The van der Waals surface area contributed by atoms with Crippen molar-refractivity contribution < 1.29 is 38.5 Å². The Morgan fingerprint density at radius 3 is 2.29 bits per heavy atom. The molecule has 5 aromatic rings. The fourth-order valence-corrected chi connectivity index (χ4v) is 9.71. The first kappa shape index (κ1) is 41.2. The minimum Gasteiger partial charge on any atom is -0.491 e. The molecule has 4 heterocycles. The summed E-state index contributed by atoms with van der Waals surface area (Å²) in [7, 11) is 0. The zero-order chi connectivity index (χ0) is 43.5. The van der Waals surface area contributed by atoms with Crippen LogP contribution < -0.4 is 31.3 Å². The van der Waals surface area contributed by atoms with Gasteiger partial charge in [0.05, 0.1) is 44.4 Å². The number of hydrogen-bond donors (Lipinski definition) is 5. The molecule has 5 aromatic carbocycles. The number of carbonyl (C=O) groups is 4. The van der Waals surface area contributed by atoms with Gasteiger partial charge < -0.3 is 45.9 Å². The molecule has 0 aliphatic carbocycles. The topological polar surface area (TPSA) is 185 Å². The third-order valence-electron chi connectivity index (χ3n) is 12.2. The summed E-state index contributed by atoms with van der Waals surface area (Å²) in [5.41, 5.74) is 8.32. The van der Waals surface area contributed by atoms with E-state index in [4.69, 9.17) is 19.9 Å². The molecule has 320 valence electrons. The number of ether oxygens (including phenoxy) is 3. The SMILES string of the molecule is NC(=O)NCC#Cc1ccc2c(c1)[C@]1(C(=O)N2)[C@H](c2ccccc2OCCO)N2[C@H](c3ccccc3)[C@H](c3ccccc3)OC(=O)[C@H]2[C@@H]1C(=O)Nc1ccc(N2CCOCC2)cc1. The van der Waals surface area contributed by atoms with Crippen LogP contribution in [0.15, 0.2) is 127 Å². The lowest BCUT2D eigenvalue weighted by molar-refractivity contribution is -0.177. The largest absolute Gasteiger partial charge is 0.491 e. The Morgan fingerprint density at radius 1 is 0.873 bits per heavy atom. The van der Waals surface area contributed by atoms with Gasteiger partial charge in [0.2, 0.25) is 11.8 Å². The second-order valence-corrected chi connectivity index (χ2v) is 15.7. The maximum Gasteiger partial charge on any atom is 0.324 e. The summed E-state index contributed by atoms with van der Waals surface area (Å²) < 4.78 is 18.3. The number of hydrogen-bond acceptors (Lipinski definition) is 10.